The van der Waals surface area contributed by atoms with Gasteiger partial charge < -0.3 is 19.5 Å². The fourth-order valence-electron chi connectivity index (χ4n) is 2.79. The zero-order chi connectivity index (χ0) is 15.1. The monoisotopic (exact) mass is 321 g/mol. The van der Waals surface area contributed by atoms with E-state index in [-0.39, 0.29) is 12.5 Å². The summed E-state index contributed by atoms with van der Waals surface area (Å²) in [5.74, 6) is 1.17. The van der Waals surface area contributed by atoms with Crippen molar-refractivity contribution in [3.05, 3.63) is 27.7 Å². The van der Waals surface area contributed by atoms with Gasteiger partial charge in [-0.1, -0.05) is 0 Å². The number of aromatic nitrogens is 2. The summed E-state index contributed by atoms with van der Waals surface area (Å²) in [5.41, 5.74) is 2.02. The van der Waals surface area contributed by atoms with Crippen molar-refractivity contribution < 1.29 is 19.4 Å². The standard InChI is InChI=1S/C14H15N3O4S/c18-2-1-17-10-7-16(6-9(10)5-15-17)14(19)13-12-11(8-22-13)20-3-4-21-12/h5,8,18H,1-4,6-7H2. The topological polar surface area (TPSA) is 76.8 Å². The van der Waals surface area contributed by atoms with Crippen LogP contribution in [0.5, 0.6) is 11.5 Å². The average Bonchev–Trinajstić information content (AvgIpc) is 3.21. The molecule has 4 rings (SSSR count). The molecule has 0 bridgehead atoms. The van der Waals surface area contributed by atoms with Crippen molar-refractivity contribution in [2.75, 3.05) is 19.8 Å². The van der Waals surface area contributed by atoms with Crippen molar-refractivity contribution >= 4 is 17.2 Å². The molecule has 0 saturated heterocycles. The highest BCUT2D eigenvalue weighted by atomic mass is 32.1. The lowest BCUT2D eigenvalue weighted by Gasteiger charge is -2.19. The Kier molecular flexibility index (Phi) is 3.27. The SMILES string of the molecule is O=C(c1scc2c1OCCO2)N1Cc2cnn(CCO)c2C1. The Morgan fingerprint density at radius 1 is 1.36 bits per heavy atom. The number of carbonyl (C=O) groups excluding carboxylic acids is 1. The van der Waals surface area contributed by atoms with Crippen LogP contribution < -0.4 is 9.47 Å². The number of fused-ring (bicyclic) bond motifs is 2. The van der Waals surface area contributed by atoms with Crippen molar-refractivity contribution in [1.82, 2.24) is 14.7 Å². The highest BCUT2D eigenvalue weighted by molar-refractivity contribution is 7.12. The van der Waals surface area contributed by atoms with E-state index >= 15 is 0 Å². The molecule has 0 fully saturated rings. The van der Waals surface area contributed by atoms with Crippen LogP contribution >= 0.6 is 11.3 Å². The first-order chi connectivity index (χ1) is 10.8. The highest BCUT2D eigenvalue weighted by Gasteiger charge is 2.32. The van der Waals surface area contributed by atoms with Gasteiger partial charge in [0.1, 0.15) is 18.1 Å². The molecule has 1 N–H and O–H groups in total. The summed E-state index contributed by atoms with van der Waals surface area (Å²) in [6.07, 6.45) is 1.77. The van der Waals surface area contributed by atoms with Crippen molar-refractivity contribution in [3.8, 4) is 11.5 Å². The van der Waals surface area contributed by atoms with E-state index in [1.54, 1.807) is 15.8 Å². The molecule has 2 aromatic heterocycles. The maximum absolute atomic E-state index is 12.7. The fraction of sp³-hybridized carbons (Fsp3) is 0.429. The van der Waals surface area contributed by atoms with Gasteiger partial charge in [-0.05, 0) is 0 Å². The second-order valence-corrected chi connectivity index (χ2v) is 6.06. The Hall–Kier alpha value is -2.06. The molecule has 1 amide bonds. The van der Waals surface area contributed by atoms with E-state index in [1.165, 1.54) is 11.3 Å². The molecule has 7 nitrogen and oxygen atoms in total. The first-order valence-electron chi connectivity index (χ1n) is 7.08. The van der Waals surface area contributed by atoms with E-state index in [0.717, 1.165) is 11.3 Å². The van der Waals surface area contributed by atoms with Gasteiger partial charge in [0, 0.05) is 17.5 Å². The Labute approximate surface area is 130 Å². The van der Waals surface area contributed by atoms with Crippen LogP contribution in [0.3, 0.4) is 0 Å². The number of thiophene rings is 1. The molecule has 116 valence electrons. The van der Waals surface area contributed by atoms with Crippen LogP contribution in [-0.2, 0) is 19.6 Å². The molecule has 4 heterocycles. The van der Waals surface area contributed by atoms with Crippen LogP contribution in [0.2, 0.25) is 0 Å². The van der Waals surface area contributed by atoms with Crippen molar-refractivity contribution in [2.45, 2.75) is 19.6 Å². The van der Waals surface area contributed by atoms with Crippen LogP contribution in [0.1, 0.15) is 20.9 Å². The molecule has 2 aliphatic rings. The molecule has 0 atom stereocenters. The molecule has 0 aliphatic carbocycles. The van der Waals surface area contributed by atoms with Crippen LogP contribution in [0.25, 0.3) is 0 Å². The van der Waals surface area contributed by atoms with E-state index in [1.807, 2.05) is 5.38 Å². The van der Waals surface area contributed by atoms with Gasteiger partial charge in [-0.2, -0.15) is 5.10 Å². The van der Waals surface area contributed by atoms with Crippen LogP contribution in [0.4, 0.5) is 0 Å². The predicted octanol–water partition coefficient (Wildman–Crippen LogP) is 0.864. The number of rotatable bonds is 3. The number of ether oxygens (including phenoxy) is 2. The molecule has 22 heavy (non-hydrogen) atoms. The zero-order valence-electron chi connectivity index (χ0n) is 11.8. The largest absolute Gasteiger partial charge is 0.485 e. The molecule has 8 heteroatoms. The fourth-order valence-corrected chi connectivity index (χ4v) is 3.69. The number of aliphatic hydroxyl groups is 1. The Bertz CT molecular complexity index is 724. The van der Waals surface area contributed by atoms with Crippen LogP contribution in [0, 0.1) is 0 Å². The quantitative estimate of drug-likeness (QED) is 0.907. The Morgan fingerprint density at radius 3 is 3.09 bits per heavy atom. The van der Waals surface area contributed by atoms with Crippen LogP contribution in [0.15, 0.2) is 11.6 Å². The minimum atomic E-state index is -0.0523. The molecule has 0 unspecified atom stereocenters. The maximum Gasteiger partial charge on any atom is 0.268 e. The van der Waals surface area contributed by atoms with Crippen molar-refractivity contribution in [2.24, 2.45) is 0 Å². The molecular weight excluding hydrogens is 306 g/mol. The lowest BCUT2D eigenvalue weighted by Crippen LogP contribution is -2.26. The number of carbonyl (C=O) groups is 1. The lowest BCUT2D eigenvalue weighted by molar-refractivity contribution is 0.0744. The number of hydrogen-bond donors (Lipinski definition) is 1. The van der Waals surface area contributed by atoms with Crippen molar-refractivity contribution in [1.29, 1.82) is 0 Å². The maximum atomic E-state index is 12.7. The number of hydrogen-bond acceptors (Lipinski definition) is 6. The Morgan fingerprint density at radius 2 is 2.23 bits per heavy atom. The Balaban J connectivity index is 1.56. The van der Waals surface area contributed by atoms with E-state index in [9.17, 15) is 4.79 Å². The van der Waals surface area contributed by atoms with E-state index in [4.69, 9.17) is 14.6 Å². The van der Waals surface area contributed by atoms with Gasteiger partial charge in [0.05, 0.1) is 31.6 Å². The summed E-state index contributed by atoms with van der Waals surface area (Å²) in [6, 6.07) is 0. The first-order valence-corrected chi connectivity index (χ1v) is 7.96. The third-order valence-corrected chi connectivity index (χ3v) is 4.76. The van der Waals surface area contributed by atoms with Gasteiger partial charge in [-0.15, -0.1) is 11.3 Å². The van der Waals surface area contributed by atoms with Gasteiger partial charge >= 0.3 is 0 Å². The van der Waals surface area contributed by atoms with E-state index < -0.39 is 0 Å². The minimum Gasteiger partial charge on any atom is -0.485 e. The van der Waals surface area contributed by atoms with Crippen LogP contribution in [-0.4, -0.2) is 45.5 Å². The van der Waals surface area contributed by atoms with Gasteiger partial charge in [0.2, 0.25) is 0 Å². The molecule has 0 saturated carbocycles. The summed E-state index contributed by atoms with van der Waals surface area (Å²) in [7, 11) is 0. The summed E-state index contributed by atoms with van der Waals surface area (Å²) in [6.45, 7) is 2.50. The molecule has 2 aliphatic heterocycles. The van der Waals surface area contributed by atoms with E-state index in [2.05, 4.69) is 5.10 Å². The average molecular weight is 321 g/mol. The zero-order valence-corrected chi connectivity index (χ0v) is 12.6. The second-order valence-electron chi connectivity index (χ2n) is 5.18. The second kappa shape index (κ2) is 5.29. The number of amides is 1. The number of nitrogens with zero attached hydrogens (tertiary/aromatic N) is 3. The van der Waals surface area contributed by atoms with Gasteiger partial charge in [-0.3, -0.25) is 9.48 Å². The summed E-state index contributed by atoms with van der Waals surface area (Å²) >= 11 is 1.35. The van der Waals surface area contributed by atoms with Crippen molar-refractivity contribution in [3.63, 3.8) is 0 Å². The molecule has 0 spiro atoms. The first kappa shape index (κ1) is 13.6. The normalized spacial score (nSPS) is 16.0. The van der Waals surface area contributed by atoms with Gasteiger partial charge in [-0.25, -0.2) is 0 Å². The van der Waals surface area contributed by atoms with Gasteiger partial charge in [0.15, 0.2) is 11.5 Å². The lowest BCUT2D eigenvalue weighted by atomic mass is 10.3. The third kappa shape index (κ3) is 2.06. The molecule has 2 aromatic rings. The summed E-state index contributed by atoms with van der Waals surface area (Å²) in [5, 5.41) is 15.1. The predicted molar refractivity (Wildman–Crippen MR) is 78.2 cm³/mol. The number of aliphatic hydroxyl groups excluding tert-OH is 1. The molecule has 0 aromatic carbocycles. The highest BCUT2D eigenvalue weighted by Crippen LogP contribution is 2.40. The molecular formula is C14H15N3O4S. The third-order valence-electron chi connectivity index (χ3n) is 3.83. The van der Waals surface area contributed by atoms with E-state index in [0.29, 0.717) is 49.2 Å². The summed E-state index contributed by atoms with van der Waals surface area (Å²) < 4.78 is 12.8. The summed E-state index contributed by atoms with van der Waals surface area (Å²) in [4.78, 5) is 15.1. The van der Waals surface area contributed by atoms with Gasteiger partial charge in [0.25, 0.3) is 5.91 Å². The minimum absolute atomic E-state index is 0.0334. The molecule has 0 radical (unpaired) electrons. The smallest absolute Gasteiger partial charge is 0.268 e.